The smallest absolute Gasteiger partial charge is 0.155 e. The van der Waals surface area contributed by atoms with E-state index in [0.717, 1.165) is 12.6 Å². The highest BCUT2D eigenvalue weighted by molar-refractivity contribution is 7.57. The van der Waals surface area contributed by atoms with E-state index in [4.69, 9.17) is 0 Å². The van der Waals surface area contributed by atoms with Gasteiger partial charge < -0.3 is 0 Å². The van der Waals surface area contributed by atoms with Gasteiger partial charge in [0, 0.05) is 6.42 Å². The second-order valence-electron chi connectivity index (χ2n) is 3.97. The van der Waals surface area contributed by atoms with E-state index >= 15 is 0 Å². The maximum Gasteiger partial charge on any atom is 0.155 e. The van der Waals surface area contributed by atoms with Crippen LogP contribution in [0.15, 0.2) is 12.7 Å². The number of hydrogen-bond donors (Lipinski definition) is 0. The zero-order chi connectivity index (χ0) is 11.5. The van der Waals surface area contributed by atoms with Crippen molar-refractivity contribution in [3.8, 4) is 0 Å². The summed E-state index contributed by atoms with van der Waals surface area (Å²) in [7, 11) is 0.121. The molecule has 0 aliphatic heterocycles. The van der Waals surface area contributed by atoms with Gasteiger partial charge in [-0.3, -0.25) is 4.79 Å². The number of carbonyl (C=O) groups excluding carboxylic acids is 1. The average molecular weight is 228 g/mol. The number of rotatable bonds is 10. The number of hydrogen-bond acceptors (Lipinski definition) is 1. The Labute approximate surface area is 96.1 Å². The summed E-state index contributed by atoms with van der Waals surface area (Å²) in [5, 5.41) is 0. The Kier molecular flexibility index (Phi) is 10.3. The van der Waals surface area contributed by atoms with Crippen LogP contribution in [0.25, 0.3) is 0 Å². The van der Waals surface area contributed by atoms with Crippen molar-refractivity contribution in [2.45, 2.75) is 46.0 Å². The van der Waals surface area contributed by atoms with Crippen molar-refractivity contribution in [2.75, 3.05) is 18.5 Å². The van der Waals surface area contributed by atoms with Crippen molar-refractivity contribution in [3.63, 3.8) is 0 Å². The zero-order valence-electron chi connectivity index (χ0n) is 10.3. The first kappa shape index (κ1) is 14.8. The van der Waals surface area contributed by atoms with Gasteiger partial charge in [0.05, 0.1) is 0 Å². The number of allylic oxidation sites excluding steroid dienone is 1. The molecule has 0 aliphatic carbocycles. The first-order valence-electron chi connectivity index (χ1n) is 6.12. The van der Waals surface area contributed by atoms with Crippen LogP contribution in [0, 0.1) is 0 Å². The maximum absolute atomic E-state index is 11.2. The minimum atomic E-state index is 0.121. The Morgan fingerprint density at radius 2 is 1.67 bits per heavy atom. The van der Waals surface area contributed by atoms with Crippen molar-refractivity contribution in [1.29, 1.82) is 0 Å². The fraction of sp³-hybridized carbons (Fsp3) is 0.769. The molecule has 0 fully saturated rings. The van der Waals surface area contributed by atoms with Gasteiger partial charge in [-0.05, 0) is 37.4 Å². The summed E-state index contributed by atoms with van der Waals surface area (Å²) in [5.74, 6) is 0.218. The molecule has 0 saturated carbocycles. The fourth-order valence-electron chi connectivity index (χ4n) is 1.47. The summed E-state index contributed by atoms with van der Waals surface area (Å²) in [6.07, 6.45) is 11.2. The van der Waals surface area contributed by atoms with Crippen LogP contribution in [0.1, 0.15) is 46.0 Å². The van der Waals surface area contributed by atoms with E-state index < -0.39 is 0 Å². The summed E-state index contributed by atoms with van der Waals surface area (Å²) in [5.41, 5.74) is 0. The lowest BCUT2D eigenvalue weighted by atomic mass is 10.3. The first-order valence-corrected chi connectivity index (χ1v) is 8.01. The minimum absolute atomic E-state index is 0.121. The SMILES string of the molecule is C=CC(=O)CCP(CCCC)CCCC. The van der Waals surface area contributed by atoms with Gasteiger partial charge >= 0.3 is 0 Å². The van der Waals surface area contributed by atoms with Crippen molar-refractivity contribution in [3.05, 3.63) is 12.7 Å². The Morgan fingerprint density at radius 3 is 2.07 bits per heavy atom. The molecule has 0 aliphatic rings. The minimum Gasteiger partial charge on any atom is -0.295 e. The lowest BCUT2D eigenvalue weighted by Gasteiger charge is -2.16. The Morgan fingerprint density at radius 1 is 1.13 bits per heavy atom. The molecule has 0 bridgehead atoms. The van der Waals surface area contributed by atoms with E-state index in [1.165, 1.54) is 44.1 Å². The topological polar surface area (TPSA) is 17.1 Å². The molecule has 0 saturated heterocycles. The molecule has 0 aromatic rings. The normalized spacial score (nSPS) is 10.6. The zero-order valence-corrected chi connectivity index (χ0v) is 11.2. The average Bonchev–Trinajstić information content (AvgIpc) is 2.27. The molecule has 0 aromatic heterocycles. The van der Waals surface area contributed by atoms with Gasteiger partial charge in [0.25, 0.3) is 0 Å². The van der Waals surface area contributed by atoms with Crippen LogP contribution < -0.4 is 0 Å². The maximum atomic E-state index is 11.2. The second-order valence-corrected chi connectivity index (χ2v) is 6.65. The van der Waals surface area contributed by atoms with Crippen LogP contribution in [0.2, 0.25) is 0 Å². The predicted molar refractivity (Wildman–Crippen MR) is 71.2 cm³/mol. The van der Waals surface area contributed by atoms with Crippen molar-refractivity contribution >= 4 is 13.7 Å². The van der Waals surface area contributed by atoms with Crippen molar-refractivity contribution < 1.29 is 4.79 Å². The second kappa shape index (κ2) is 10.4. The molecule has 0 atom stereocenters. The van der Waals surface area contributed by atoms with Crippen molar-refractivity contribution in [1.82, 2.24) is 0 Å². The van der Waals surface area contributed by atoms with Crippen LogP contribution in [0.5, 0.6) is 0 Å². The highest BCUT2D eigenvalue weighted by Gasteiger charge is 2.08. The third-order valence-corrected chi connectivity index (χ3v) is 5.31. The van der Waals surface area contributed by atoms with Crippen LogP contribution in [-0.2, 0) is 4.79 Å². The fourth-order valence-corrected chi connectivity index (χ4v) is 4.20. The molecule has 0 spiro atoms. The molecular formula is C13H25OP. The van der Waals surface area contributed by atoms with E-state index in [2.05, 4.69) is 20.4 Å². The van der Waals surface area contributed by atoms with Gasteiger partial charge in [0.15, 0.2) is 5.78 Å². The quantitative estimate of drug-likeness (QED) is 0.404. The Bertz CT molecular complexity index is 169. The first-order chi connectivity index (χ1) is 7.24. The lowest BCUT2D eigenvalue weighted by Crippen LogP contribution is -2.00. The van der Waals surface area contributed by atoms with Gasteiger partial charge in [-0.1, -0.05) is 33.3 Å². The summed E-state index contributed by atoms with van der Waals surface area (Å²) in [6.45, 7) is 8.00. The predicted octanol–water partition coefficient (Wildman–Crippen LogP) is 4.21. The summed E-state index contributed by atoms with van der Waals surface area (Å²) >= 11 is 0. The van der Waals surface area contributed by atoms with E-state index in [1.54, 1.807) is 0 Å². The summed E-state index contributed by atoms with van der Waals surface area (Å²) < 4.78 is 0. The van der Waals surface area contributed by atoms with E-state index in [-0.39, 0.29) is 13.7 Å². The molecule has 88 valence electrons. The molecule has 0 aromatic carbocycles. The van der Waals surface area contributed by atoms with Crippen LogP contribution in [0.4, 0.5) is 0 Å². The van der Waals surface area contributed by atoms with Crippen molar-refractivity contribution in [2.24, 2.45) is 0 Å². The molecule has 1 nitrogen and oxygen atoms in total. The number of unbranched alkanes of at least 4 members (excludes halogenated alkanes) is 2. The molecule has 0 rings (SSSR count). The van der Waals surface area contributed by atoms with Gasteiger partial charge in [0.1, 0.15) is 0 Å². The van der Waals surface area contributed by atoms with E-state index in [1.807, 2.05) is 0 Å². The molecule has 0 heterocycles. The monoisotopic (exact) mass is 228 g/mol. The van der Waals surface area contributed by atoms with E-state index in [9.17, 15) is 4.79 Å². The molecule has 15 heavy (non-hydrogen) atoms. The Hall–Kier alpha value is -0.160. The van der Waals surface area contributed by atoms with Crippen LogP contribution in [-0.4, -0.2) is 24.3 Å². The van der Waals surface area contributed by atoms with Gasteiger partial charge in [-0.2, -0.15) is 0 Å². The van der Waals surface area contributed by atoms with E-state index in [0.29, 0.717) is 0 Å². The molecular weight excluding hydrogens is 203 g/mol. The number of ketones is 1. The summed E-state index contributed by atoms with van der Waals surface area (Å²) in [4.78, 5) is 11.2. The number of carbonyl (C=O) groups is 1. The van der Waals surface area contributed by atoms with Gasteiger partial charge in [0.2, 0.25) is 0 Å². The molecule has 0 N–H and O–H groups in total. The third kappa shape index (κ3) is 8.81. The molecule has 2 heteroatoms. The summed E-state index contributed by atoms with van der Waals surface area (Å²) in [6, 6.07) is 0. The third-order valence-electron chi connectivity index (χ3n) is 2.56. The lowest BCUT2D eigenvalue weighted by molar-refractivity contribution is -0.114. The largest absolute Gasteiger partial charge is 0.295 e. The molecule has 0 unspecified atom stereocenters. The highest BCUT2D eigenvalue weighted by atomic mass is 31.1. The highest BCUT2D eigenvalue weighted by Crippen LogP contribution is 2.38. The van der Waals surface area contributed by atoms with Gasteiger partial charge in [-0.25, -0.2) is 0 Å². The molecule has 0 radical (unpaired) electrons. The van der Waals surface area contributed by atoms with Crippen LogP contribution >= 0.6 is 7.92 Å². The van der Waals surface area contributed by atoms with Gasteiger partial charge in [-0.15, -0.1) is 7.92 Å². The Balaban J connectivity index is 3.77. The standard InChI is InChI=1S/C13H25OP/c1-4-7-10-15(11-8-5-2)12-9-13(14)6-3/h6H,3-5,7-12H2,1-2H3. The molecule has 0 amide bonds. The van der Waals surface area contributed by atoms with Crippen LogP contribution in [0.3, 0.4) is 0 Å².